The first kappa shape index (κ1) is 21.1. The van der Waals surface area contributed by atoms with Crippen LogP contribution in [0, 0.1) is 11.8 Å². The van der Waals surface area contributed by atoms with Crippen molar-refractivity contribution in [2.45, 2.75) is 38.4 Å². The Bertz CT molecular complexity index is 615. The van der Waals surface area contributed by atoms with Crippen LogP contribution in [0.1, 0.15) is 31.2 Å². The maximum Gasteiger partial charge on any atom is 0.392 e. The van der Waals surface area contributed by atoms with Crippen molar-refractivity contribution in [1.82, 2.24) is 15.1 Å². The van der Waals surface area contributed by atoms with Crippen molar-refractivity contribution in [2.75, 3.05) is 39.3 Å². The highest BCUT2D eigenvalue weighted by Crippen LogP contribution is 2.41. The lowest BCUT2D eigenvalue weighted by atomic mass is 9.78. The molecule has 1 N–H and O–H groups in total. The number of carbonyl (C=O) groups excluding carboxylic acids is 1. The number of amides is 1. The normalized spacial score (nSPS) is 24.8. The van der Waals surface area contributed by atoms with Gasteiger partial charge in [0.25, 0.3) is 0 Å². The van der Waals surface area contributed by atoms with E-state index in [2.05, 4.69) is 27.2 Å². The van der Waals surface area contributed by atoms with Crippen LogP contribution in [0.4, 0.5) is 13.2 Å². The van der Waals surface area contributed by atoms with E-state index in [1.165, 1.54) is 5.56 Å². The molecule has 1 aromatic rings. The Balaban J connectivity index is 1.37. The summed E-state index contributed by atoms with van der Waals surface area (Å²) in [5.74, 6) is -2.83. The molecule has 156 valence electrons. The molecule has 28 heavy (non-hydrogen) atoms. The lowest BCUT2D eigenvalue weighted by Crippen LogP contribution is -2.49. The van der Waals surface area contributed by atoms with Gasteiger partial charge in [-0.1, -0.05) is 43.2 Å². The fraction of sp³-hybridized carbons (Fsp3) is 0.667. The van der Waals surface area contributed by atoms with Gasteiger partial charge in [-0.15, -0.1) is 0 Å². The topological polar surface area (TPSA) is 35.6 Å². The maximum atomic E-state index is 13.2. The van der Waals surface area contributed by atoms with Crippen LogP contribution in [-0.2, 0) is 11.3 Å². The van der Waals surface area contributed by atoms with Crippen LogP contribution in [0.15, 0.2) is 30.3 Å². The highest BCUT2D eigenvalue weighted by atomic mass is 19.4. The predicted molar refractivity (Wildman–Crippen MR) is 103 cm³/mol. The van der Waals surface area contributed by atoms with Gasteiger partial charge < -0.3 is 5.32 Å². The minimum atomic E-state index is -4.28. The fourth-order valence-corrected chi connectivity index (χ4v) is 4.32. The summed E-state index contributed by atoms with van der Waals surface area (Å²) in [5.41, 5.74) is 1.30. The number of benzene rings is 1. The van der Waals surface area contributed by atoms with Crippen LogP contribution in [0.3, 0.4) is 0 Å². The van der Waals surface area contributed by atoms with E-state index in [1.54, 1.807) is 0 Å². The molecule has 2 unspecified atom stereocenters. The average molecular weight is 397 g/mol. The second-order valence-corrected chi connectivity index (χ2v) is 7.93. The molecule has 7 heteroatoms. The molecular formula is C21H30F3N3O. The number of alkyl halides is 3. The lowest BCUT2D eigenvalue weighted by Gasteiger charge is -2.35. The van der Waals surface area contributed by atoms with E-state index in [-0.39, 0.29) is 6.42 Å². The minimum absolute atomic E-state index is 0.0744. The molecule has 1 heterocycles. The monoisotopic (exact) mass is 397 g/mol. The first-order valence-electron chi connectivity index (χ1n) is 10.3. The zero-order chi connectivity index (χ0) is 20.0. The lowest BCUT2D eigenvalue weighted by molar-refractivity contribution is -0.198. The van der Waals surface area contributed by atoms with E-state index in [4.69, 9.17) is 0 Å². The summed E-state index contributed by atoms with van der Waals surface area (Å²) < 4.78 is 39.5. The Hall–Kier alpha value is -1.60. The molecule has 3 rings (SSSR count). The zero-order valence-corrected chi connectivity index (χ0v) is 16.3. The number of hydrogen-bond donors (Lipinski definition) is 1. The van der Waals surface area contributed by atoms with Gasteiger partial charge in [0.1, 0.15) is 0 Å². The molecule has 2 aliphatic rings. The molecule has 0 bridgehead atoms. The molecule has 0 radical (unpaired) electrons. The number of nitrogens with one attached hydrogen (secondary N) is 1. The first-order valence-corrected chi connectivity index (χ1v) is 10.3. The number of piperazine rings is 1. The van der Waals surface area contributed by atoms with E-state index in [9.17, 15) is 18.0 Å². The Morgan fingerprint density at radius 1 is 1.00 bits per heavy atom. The minimum Gasteiger partial charge on any atom is -0.355 e. The summed E-state index contributed by atoms with van der Waals surface area (Å²) in [4.78, 5) is 17.0. The summed E-state index contributed by atoms with van der Waals surface area (Å²) in [5, 5.41) is 2.76. The second kappa shape index (κ2) is 9.74. The number of rotatable bonds is 6. The zero-order valence-electron chi connectivity index (χ0n) is 16.3. The molecular weight excluding hydrogens is 367 g/mol. The average Bonchev–Trinajstić information content (AvgIpc) is 2.69. The first-order chi connectivity index (χ1) is 13.4. The third-order valence-corrected chi connectivity index (χ3v) is 5.96. The highest BCUT2D eigenvalue weighted by Gasteiger charge is 2.47. The summed E-state index contributed by atoms with van der Waals surface area (Å²) in [6, 6.07) is 10.4. The van der Waals surface area contributed by atoms with Gasteiger partial charge in [-0.2, -0.15) is 13.2 Å². The SMILES string of the molecule is O=C(NCCN1CCN(Cc2ccccc2)CC1)C1CCCCC1C(F)(F)F. The van der Waals surface area contributed by atoms with Crippen LogP contribution in [0.2, 0.25) is 0 Å². The molecule has 1 saturated carbocycles. The molecule has 2 atom stereocenters. The third kappa shape index (κ3) is 5.95. The van der Waals surface area contributed by atoms with Gasteiger partial charge in [0.15, 0.2) is 0 Å². The third-order valence-electron chi connectivity index (χ3n) is 5.96. The predicted octanol–water partition coefficient (Wildman–Crippen LogP) is 3.29. The molecule has 0 aromatic heterocycles. The molecule has 0 spiro atoms. The van der Waals surface area contributed by atoms with Crippen molar-refractivity contribution < 1.29 is 18.0 Å². The summed E-state index contributed by atoms with van der Waals surface area (Å²) >= 11 is 0. The van der Waals surface area contributed by atoms with Crippen molar-refractivity contribution in [1.29, 1.82) is 0 Å². The van der Waals surface area contributed by atoms with Gasteiger partial charge in [0, 0.05) is 51.7 Å². The number of carbonyl (C=O) groups is 1. The van der Waals surface area contributed by atoms with Gasteiger partial charge in [0.05, 0.1) is 5.92 Å². The summed E-state index contributed by atoms with van der Waals surface area (Å²) in [6.45, 7) is 5.79. The van der Waals surface area contributed by atoms with Crippen molar-refractivity contribution >= 4 is 5.91 Å². The van der Waals surface area contributed by atoms with Gasteiger partial charge in [-0.3, -0.25) is 14.6 Å². The van der Waals surface area contributed by atoms with E-state index >= 15 is 0 Å². The second-order valence-electron chi connectivity index (χ2n) is 7.93. The largest absolute Gasteiger partial charge is 0.392 e. The Morgan fingerprint density at radius 2 is 1.64 bits per heavy atom. The van der Waals surface area contributed by atoms with E-state index in [0.717, 1.165) is 32.7 Å². The molecule has 1 aliphatic heterocycles. The van der Waals surface area contributed by atoms with Gasteiger partial charge in [-0.25, -0.2) is 0 Å². The number of hydrogen-bond acceptors (Lipinski definition) is 3. The van der Waals surface area contributed by atoms with Crippen LogP contribution in [0.5, 0.6) is 0 Å². The summed E-state index contributed by atoms with van der Waals surface area (Å²) in [6.07, 6.45) is -2.61. The number of halogens is 3. The van der Waals surface area contributed by atoms with Crippen LogP contribution in [0.25, 0.3) is 0 Å². The van der Waals surface area contributed by atoms with Crippen LogP contribution in [-0.4, -0.2) is 61.2 Å². The molecule has 1 aromatic carbocycles. The molecule has 1 saturated heterocycles. The van der Waals surface area contributed by atoms with E-state index in [1.807, 2.05) is 18.2 Å². The van der Waals surface area contributed by atoms with Crippen LogP contribution >= 0.6 is 0 Å². The van der Waals surface area contributed by atoms with E-state index < -0.39 is 23.9 Å². The van der Waals surface area contributed by atoms with Crippen molar-refractivity contribution in [3.8, 4) is 0 Å². The molecule has 4 nitrogen and oxygen atoms in total. The van der Waals surface area contributed by atoms with E-state index in [0.29, 0.717) is 32.4 Å². The Morgan fingerprint density at radius 3 is 2.32 bits per heavy atom. The van der Waals surface area contributed by atoms with Crippen LogP contribution < -0.4 is 5.32 Å². The summed E-state index contributed by atoms with van der Waals surface area (Å²) in [7, 11) is 0. The van der Waals surface area contributed by atoms with Gasteiger partial charge in [-0.05, 0) is 18.4 Å². The van der Waals surface area contributed by atoms with Crippen molar-refractivity contribution in [3.63, 3.8) is 0 Å². The fourth-order valence-electron chi connectivity index (χ4n) is 4.32. The van der Waals surface area contributed by atoms with Crippen molar-refractivity contribution in [2.24, 2.45) is 11.8 Å². The maximum absolute atomic E-state index is 13.2. The van der Waals surface area contributed by atoms with Gasteiger partial charge in [0.2, 0.25) is 5.91 Å². The van der Waals surface area contributed by atoms with Gasteiger partial charge >= 0.3 is 6.18 Å². The molecule has 2 fully saturated rings. The highest BCUT2D eigenvalue weighted by molar-refractivity contribution is 5.79. The van der Waals surface area contributed by atoms with Crippen molar-refractivity contribution in [3.05, 3.63) is 35.9 Å². The Kier molecular flexibility index (Phi) is 7.35. The standard InChI is InChI=1S/C21H30F3N3O/c22-21(23,24)19-9-5-4-8-18(19)20(28)25-10-11-26-12-14-27(15-13-26)16-17-6-2-1-3-7-17/h1-3,6-7,18-19H,4-5,8-16H2,(H,25,28). The molecule has 1 amide bonds. The molecule has 1 aliphatic carbocycles. The smallest absolute Gasteiger partial charge is 0.355 e. The quantitative estimate of drug-likeness (QED) is 0.800. The Labute approximate surface area is 165 Å². The number of nitrogens with zero attached hydrogens (tertiary/aromatic N) is 2.